The van der Waals surface area contributed by atoms with Crippen molar-refractivity contribution < 1.29 is 9.59 Å². The van der Waals surface area contributed by atoms with Gasteiger partial charge in [-0.3, -0.25) is 9.59 Å². The molecular weight excluding hydrogens is 292 g/mol. The van der Waals surface area contributed by atoms with Crippen LogP contribution >= 0.6 is 11.3 Å². The van der Waals surface area contributed by atoms with E-state index in [1.54, 1.807) is 0 Å². The summed E-state index contributed by atoms with van der Waals surface area (Å²) in [5, 5.41) is 9.55. The Kier molecular flexibility index (Phi) is 3.93. The number of aromatic nitrogens is 1. The molecule has 0 aromatic carbocycles. The van der Waals surface area contributed by atoms with Gasteiger partial charge < -0.3 is 26.6 Å². The molecule has 0 saturated carbocycles. The van der Waals surface area contributed by atoms with Crippen LogP contribution in [0.3, 0.4) is 0 Å². The van der Waals surface area contributed by atoms with Crippen LogP contribution in [-0.2, 0) is 4.79 Å². The average Bonchev–Trinajstić information content (AvgIpc) is 3.06. The van der Waals surface area contributed by atoms with Gasteiger partial charge in [0.05, 0.1) is 6.04 Å². The summed E-state index contributed by atoms with van der Waals surface area (Å²) >= 11 is 1.30. The van der Waals surface area contributed by atoms with Crippen molar-refractivity contribution in [1.29, 1.82) is 0 Å². The van der Waals surface area contributed by atoms with Crippen LogP contribution in [-0.4, -0.2) is 55.6 Å². The van der Waals surface area contributed by atoms with Crippen molar-refractivity contribution >= 4 is 34.1 Å². The van der Waals surface area contributed by atoms with Crippen molar-refractivity contribution in [1.82, 2.24) is 20.9 Å². The van der Waals surface area contributed by atoms with Gasteiger partial charge in [-0.1, -0.05) is 11.3 Å². The molecule has 2 aliphatic heterocycles. The lowest BCUT2D eigenvalue weighted by Gasteiger charge is -2.26. The van der Waals surface area contributed by atoms with E-state index in [9.17, 15) is 9.59 Å². The third-order valence-electron chi connectivity index (χ3n) is 3.55. The highest BCUT2D eigenvalue weighted by molar-refractivity contribution is 7.18. The monoisotopic (exact) mass is 310 g/mol. The van der Waals surface area contributed by atoms with Crippen LogP contribution in [0.25, 0.3) is 0 Å². The fourth-order valence-electron chi connectivity index (χ4n) is 2.43. The Morgan fingerprint density at radius 1 is 1.43 bits per heavy atom. The van der Waals surface area contributed by atoms with Gasteiger partial charge in [0.1, 0.15) is 10.7 Å². The van der Waals surface area contributed by atoms with Gasteiger partial charge in [-0.15, -0.1) is 0 Å². The Balaban J connectivity index is 1.68. The second kappa shape index (κ2) is 5.86. The number of amides is 2. The Morgan fingerprint density at radius 3 is 2.86 bits per heavy atom. The predicted molar refractivity (Wildman–Crippen MR) is 80.5 cm³/mol. The van der Waals surface area contributed by atoms with Crippen LogP contribution in [0.2, 0.25) is 0 Å². The number of hydrogen-bond donors (Lipinski definition) is 4. The molecule has 2 fully saturated rings. The Hall–Kier alpha value is -1.87. The maximum absolute atomic E-state index is 12.2. The zero-order chi connectivity index (χ0) is 14.8. The summed E-state index contributed by atoms with van der Waals surface area (Å²) in [5.41, 5.74) is 5.86. The van der Waals surface area contributed by atoms with Crippen LogP contribution in [0, 0.1) is 0 Å². The summed E-state index contributed by atoms with van der Waals surface area (Å²) < 4.78 is 0. The first-order valence-corrected chi connectivity index (χ1v) is 7.74. The van der Waals surface area contributed by atoms with E-state index in [2.05, 4.69) is 25.8 Å². The average molecular weight is 310 g/mol. The third kappa shape index (κ3) is 3.08. The number of nitrogen functional groups attached to an aromatic ring is 1. The summed E-state index contributed by atoms with van der Waals surface area (Å²) in [5.74, 6) is -0.0460. The lowest BCUT2D eigenvalue weighted by molar-refractivity contribution is -0.119. The van der Waals surface area contributed by atoms with Crippen molar-refractivity contribution in [3.63, 3.8) is 0 Å². The van der Waals surface area contributed by atoms with Gasteiger partial charge in [-0.05, 0) is 0 Å². The molecule has 3 heterocycles. The Labute approximate surface area is 126 Å². The van der Waals surface area contributed by atoms with E-state index in [0.29, 0.717) is 17.8 Å². The number of anilines is 2. The van der Waals surface area contributed by atoms with Crippen molar-refractivity contribution in [2.75, 3.05) is 43.4 Å². The molecule has 21 heavy (non-hydrogen) atoms. The quantitative estimate of drug-likeness (QED) is 0.555. The normalized spacial score (nSPS) is 22.2. The molecule has 1 unspecified atom stereocenters. The summed E-state index contributed by atoms with van der Waals surface area (Å²) in [6, 6.07) is -0.172. The predicted octanol–water partition coefficient (Wildman–Crippen LogP) is -1.25. The van der Waals surface area contributed by atoms with Crippen LogP contribution in [0.1, 0.15) is 16.1 Å². The van der Waals surface area contributed by atoms with E-state index in [4.69, 9.17) is 5.73 Å². The second-order valence-electron chi connectivity index (χ2n) is 5.13. The van der Waals surface area contributed by atoms with Gasteiger partial charge in [-0.25, -0.2) is 4.98 Å². The van der Waals surface area contributed by atoms with Crippen LogP contribution < -0.4 is 26.6 Å². The fourth-order valence-corrected chi connectivity index (χ4v) is 3.37. The van der Waals surface area contributed by atoms with Crippen molar-refractivity contribution in [2.45, 2.75) is 12.5 Å². The summed E-state index contributed by atoms with van der Waals surface area (Å²) in [7, 11) is 0. The third-order valence-corrected chi connectivity index (χ3v) is 4.68. The molecule has 1 aromatic heterocycles. The van der Waals surface area contributed by atoms with E-state index in [1.165, 1.54) is 11.3 Å². The second-order valence-corrected chi connectivity index (χ2v) is 6.10. The minimum atomic E-state index is -0.257. The van der Waals surface area contributed by atoms with Crippen molar-refractivity contribution in [3.8, 4) is 0 Å². The lowest BCUT2D eigenvalue weighted by Crippen LogP contribution is -2.43. The molecule has 5 N–H and O–H groups in total. The maximum atomic E-state index is 12.2. The molecule has 114 valence electrons. The molecule has 3 rings (SSSR count). The minimum Gasteiger partial charge on any atom is -0.382 e. The van der Waals surface area contributed by atoms with Crippen LogP contribution in [0.5, 0.6) is 0 Å². The summed E-state index contributed by atoms with van der Waals surface area (Å²) in [4.78, 5) is 30.2. The molecule has 9 heteroatoms. The molecule has 0 aliphatic carbocycles. The maximum Gasteiger partial charge on any atom is 0.265 e. The Morgan fingerprint density at radius 2 is 2.19 bits per heavy atom. The number of nitrogens with one attached hydrogen (secondary N) is 3. The van der Waals surface area contributed by atoms with E-state index >= 15 is 0 Å². The molecule has 8 nitrogen and oxygen atoms in total. The summed E-state index contributed by atoms with van der Waals surface area (Å²) in [6.45, 7) is 3.98. The van der Waals surface area contributed by atoms with E-state index in [0.717, 1.165) is 31.3 Å². The number of nitrogens with two attached hydrogens (primary N) is 1. The number of carbonyl (C=O) groups is 2. The van der Waals surface area contributed by atoms with Gasteiger partial charge in [0.15, 0.2) is 5.13 Å². The molecule has 1 aromatic rings. The molecule has 2 amide bonds. The highest BCUT2D eigenvalue weighted by atomic mass is 32.1. The highest BCUT2D eigenvalue weighted by Gasteiger charge is 2.26. The Bertz CT molecular complexity index is 554. The van der Waals surface area contributed by atoms with Crippen LogP contribution in [0.4, 0.5) is 10.9 Å². The summed E-state index contributed by atoms with van der Waals surface area (Å²) in [6.07, 6.45) is 0.315. The SMILES string of the molecule is Nc1nc(N2CCNCC2)sc1C(=O)NC1CNC(=O)C1. The molecule has 0 bridgehead atoms. The highest BCUT2D eigenvalue weighted by Crippen LogP contribution is 2.28. The number of carbonyl (C=O) groups excluding carboxylic acids is 2. The van der Waals surface area contributed by atoms with Gasteiger partial charge >= 0.3 is 0 Å². The van der Waals surface area contributed by atoms with Crippen LogP contribution in [0.15, 0.2) is 0 Å². The smallest absolute Gasteiger partial charge is 0.265 e. The van der Waals surface area contributed by atoms with Crippen molar-refractivity contribution in [3.05, 3.63) is 4.88 Å². The van der Waals surface area contributed by atoms with Gasteiger partial charge in [-0.2, -0.15) is 0 Å². The van der Waals surface area contributed by atoms with Gasteiger partial charge in [0.25, 0.3) is 5.91 Å². The van der Waals surface area contributed by atoms with E-state index < -0.39 is 0 Å². The number of thiazole rings is 1. The van der Waals surface area contributed by atoms with E-state index in [1.807, 2.05) is 0 Å². The van der Waals surface area contributed by atoms with Crippen molar-refractivity contribution in [2.24, 2.45) is 0 Å². The van der Waals surface area contributed by atoms with E-state index in [-0.39, 0.29) is 23.7 Å². The zero-order valence-electron chi connectivity index (χ0n) is 11.5. The number of rotatable bonds is 3. The standard InChI is InChI=1S/C12H18N6O2S/c13-10-9(11(20)16-7-5-8(19)15-6-7)21-12(17-10)18-3-1-14-2-4-18/h7,14H,1-6,13H2,(H,15,19)(H,16,20). The first-order chi connectivity index (χ1) is 10.1. The first kappa shape index (κ1) is 14.1. The lowest BCUT2D eigenvalue weighted by atomic mass is 10.2. The minimum absolute atomic E-state index is 0.0425. The molecule has 0 radical (unpaired) electrons. The van der Waals surface area contributed by atoms with Gasteiger partial charge in [0, 0.05) is 39.1 Å². The number of hydrogen-bond acceptors (Lipinski definition) is 7. The molecule has 2 aliphatic rings. The number of piperazine rings is 1. The van der Waals surface area contributed by atoms with Gasteiger partial charge in [0.2, 0.25) is 5.91 Å². The molecule has 1 atom stereocenters. The fraction of sp³-hybridized carbons (Fsp3) is 0.583. The molecular formula is C12H18N6O2S. The molecule has 0 spiro atoms. The zero-order valence-corrected chi connectivity index (χ0v) is 12.3. The largest absolute Gasteiger partial charge is 0.382 e. The topological polar surface area (TPSA) is 112 Å². The molecule has 2 saturated heterocycles. The first-order valence-electron chi connectivity index (χ1n) is 6.93. The number of nitrogens with zero attached hydrogens (tertiary/aromatic N) is 2.